The Morgan fingerprint density at radius 3 is 2.62 bits per heavy atom. The van der Waals surface area contributed by atoms with Crippen LogP contribution in [0.4, 0.5) is 0 Å². The van der Waals surface area contributed by atoms with Gasteiger partial charge in [0.25, 0.3) is 0 Å². The number of rotatable bonds is 5. The summed E-state index contributed by atoms with van der Waals surface area (Å²) in [5, 5.41) is 10.2. The van der Waals surface area contributed by atoms with Crippen molar-refractivity contribution in [3.05, 3.63) is 0 Å². The zero-order valence-corrected chi connectivity index (χ0v) is 13.1. The van der Waals surface area contributed by atoms with Gasteiger partial charge in [0.05, 0.1) is 12.2 Å². The highest BCUT2D eigenvalue weighted by Crippen LogP contribution is 2.50. The zero-order valence-electron chi connectivity index (χ0n) is 13.1. The first-order chi connectivity index (χ1) is 10.2. The molecule has 3 fully saturated rings. The Labute approximate surface area is 127 Å². The molecule has 120 valence electrons. The van der Waals surface area contributed by atoms with Crippen LogP contribution in [0.5, 0.6) is 0 Å². The van der Waals surface area contributed by atoms with Crippen molar-refractivity contribution in [3.8, 4) is 0 Å². The normalized spacial score (nSPS) is 32.7. The van der Waals surface area contributed by atoms with Crippen molar-refractivity contribution in [2.75, 3.05) is 39.3 Å². The Balaban J connectivity index is 1.45. The lowest BCUT2D eigenvalue weighted by Gasteiger charge is -2.56. The van der Waals surface area contributed by atoms with Crippen LogP contribution < -0.4 is 0 Å². The van der Waals surface area contributed by atoms with Crippen LogP contribution in [0.3, 0.4) is 0 Å². The van der Waals surface area contributed by atoms with Crippen molar-refractivity contribution in [3.63, 3.8) is 0 Å². The molecule has 5 nitrogen and oxygen atoms in total. The minimum Gasteiger partial charge on any atom is -0.392 e. The van der Waals surface area contributed by atoms with Crippen LogP contribution in [-0.4, -0.2) is 72.4 Å². The Bertz CT molecular complexity index is 378. The van der Waals surface area contributed by atoms with E-state index < -0.39 is 0 Å². The third kappa shape index (κ3) is 2.83. The smallest absolute Gasteiger partial charge is 0.222 e. The van der Waals surface area contributed by atoms with Crippen molar-refractivity contribution < 1.29 is 14.6 Å². The number of hydrogen-bond acceptors (Lipinski definition) is 4. The molecule has 0 aromatic heterocycles. The topological polar surface area (TPSA) is 53.0 Å². The quantitative estimate of drug-likeness (QED) is 0.817. The molecular formula is C16H28N2O3. The number of hydrogen-bond donors (Lipinski definition) is 1. The molecule has 5 heteroatoms. The lowest BCUT2D eigenvalue weighted by atomic mass is 9.58. The molecule has 1 N–H and O–H groups in total. The standard InChI is InChI=1S/C16H28N2O3/c1-2-21-14-12-13(19)16(14)5-8-17(9-6-16)10-11-18-7-3-4-15(18)20/h13-14,19H,2-12H2,1H3. The molecular weight excluding hydrogens is 268 g/mol. The highest BCUT2D eigenvalue weighted by Gasteiger charge is 2.55. The van der Waals surface area contributed by atoms with E-state index in [-0.39, 0.29) is 17.6 Å². The van der Waals surface area contributed by atoms with Crippen LogP contribution >= 0.6 is 0 Å². The summed E-state index contributed by atoms with van der Waals surface area (Å²) in [4.78, 5) is 16.0. The van der Waals surface area contributed by atoms with Gasteiger partial charge < -0.3 is 19.6 Å². The van der Waals surface area contributed by atoms with Gasteiger partial charge in [0, 0.05) is 44.5 Å². The van der Waals surface area contributed by atoms with Gasteiger partial charge in [-0.1, -0.05) is 0 Å². The van der Waals surface area contributed by atoms with Gasteiger partial charge in [-0.2, -0.15) is 0 Å². The van der Waals surface area contributed by atoms with Gasteiger partial charge >= 0.3 is 0 Å². The SMILES string of the molecule is CCOC1CC(O)C12CCN(CCN1CCCC1=O)CC2. The van der Waals surface area contributed by atoms with Crippen LogP contribution in [0.1, 0.15) is 39.0 Å². The van der Waals surface area contributed by atoms with E-state index in [2.05, 4.69) is 4.90 Å². The maximum absolute atomic E-state index is 11.6. The summed E-state index contributed by atoms with van der Waals surface area (Å²) >= 11 is 0. The summed E-state index contributed by atoms with van der Waals surface area (Å²) in [5.41, 5.74) is 0.00989. The van der Waals surface area contributed by atoms with E-state index in [9.17, 15) is 9.90 Å². The fraction of sp³-hybridized carbons (Fsp3) is 0.938. The number of ether oxygens (including phenoxy) is 1. The number of amides is 1. The molecule has 3 aliphatic rings. The van der Waals surface area contributed by atoms with Gasteiger partial charge in [-0.15, -0.1) is 0 Å². The fourth-order valence-corrected chi connectivity index (χ4v) is 4.21. The number of carbonyl (C=O) groups is 1. The number of aliphatic hydroxyl groups excluding tert-OH is 1. The lowest BCUT2D eigenvalue weighted by molar-refractivity contribution is -0.209. The third-order valence-electron chi connectivity index (χ3n) is 5.75. The highest BCUT2D eigenvalue weighted by molar-refractivity contribution is 5.78. The Morgan fingerprint density at radius 2 is 2.05 bits per heavy atom. The number of aliphatic hydroxyl groups is 1. The van der Waals surface area contributed by atoms with Crippen LogP contribution in [0, 0.1) is 5.41 Å². The third-order valence-corrected chi connectivity index (χ3v) is 5.75. The number of piperidine rings is 1. The fourth-order valence-electron chi connectivity index (χ4n) is 4.21. The summed E-state index contributed by atoms with van der Waals surface area (Å²) in [5.74, 6) is 0.314. The van der Waals surface area contributed by atoms with Crippen molar-refractivity contribution in [2.45, 2.75) is 51.2 Å². The number of carbonyl (C=O) groups excluding carboxylic acids is 1. The minimum absolute atomic E-state index is 0.00989. The predicted octanol–water partition coefficient (Wildman–Crippen LogP) is 0.861. The van der Waals surface area contributed by atoms with Gasteiger partial charge in [-0.05, 0) is 39.3 Å². The molecule has 2 unspecified atom stereocenters. The molecule has 0 aromatic carbocycles. The molecule has 3 rings (SSSR count). The molecule has 2 saturated heterocycles. The van der Waals surface area contributed by atoms with Gasteiger partial charge in [0.15, 0.2) is 0 Å². The van der Waals surface area contributed by atoms with E-state index in [4.69, 9.17) is 4.74 Å². The molecule has 21 heavy (non-hydrogen) atoms. The lowest BCUT2D eigenvalue weighted by Crippen LogP contribution is -2.62. The van der Waals surface area contributed by atoms with Gasteiger partial charge in [0.2, 0.25) is 5.91 Å². The number of nitrogens with zero attached hydrogens (tertiary/aromatic N) is 2. The van der Waals surface area contributed by atoms with E-state index in [0.29, 0.717) is 5.91 Å². The second kappa shape index (κ2) is 6.23. The minimum atomic E-state index is -0.184. The first-order valence-electron chi connectivity index (χ1n) is 8.45. The maximum Gasteiger partial charge on any atom is 0.222 e. The van der Waals surface area contributed by atoms with Crippen LogP contribution in [0.25, 0.3) is 0 Å². The van der Waals surface area contributed by atoms with Gasteiger partial charge in [0.1, 0.15) is 0 Å². The summed E-state index contributed by atoms with van der Waals surface area (Å²) in [6.07, 6.45) is 4.65. The molecule has 2 atom stereocenters. The van der Waals surface area contributed by atoms with Crippen LogP contribution in [0.15, 0.2) is 0 Å². The summed E-state index contributed by atoms with van der Waals surface area (Å²) in [7, 11) is 0. The van der Waals surface area contributed by atoms with E-state index in [1.54, 1.807) is 0 Å². The molecule has 0 bridgehead atoms. The van der Waals surface area contributed by atoms with Crippen molar-refractivity contribution in [2.24, 2.45) is 5.41 Å². The highest BCUT2D eigenvalue weighted by atomic mass is 16.5. The predicted molar refractivity (Wildman–Crippen MR) is 80.0 cm³/mol. The summed E-state index contributed by atoms with van der Waals surface area (Å²) < 4.78 is 5.80. The van der Waals surface area contributed by atoms with E-state index >= 15 is 0 Å². The molecule has 0 radical (unpaired) electrons. The number of likely N-dealkylation sites (tertiary alicyclic amines) is 2. The zero-order chi connectivity index (χ0) is 14.9. The molecule has 2 aliphatic heterocycles. The summed E-state index contributed by atoms with van der Waals surface area (Å²) in [6, 6.07) is 0. The van der Waals surface area contributed by atoms with E-state index in [1.807, 2.05) is 11.8 Å². The van der Waals surface area contributed by atoms with Crippen LogP contribution in [-0.2, 0) is 9.53 Å². The molecule has 0 aromatic rings. The van der Waals surface area contributed by atoms with Crippen molar-refractivity contribution in [1.82, 2.24) is 9.80 Å². The average molecular weight is 296 g/mol. The van der Waals surface area contributed by atoms with Crippen LogP contribution in [0.2, 0.25) is 0 Å². The first-order valence-corrected chi connectivity index (χ1v) is 8.45. The Morgan fingerprint density at radius 1 is 1.29 bits per heavy atom. The Hall–Kier alpha value is -0.650. The first kappa shape index (κ1) is 15.3. The summed E-state index contributed by atoms with van der Waals surface area (Å²) in [6.45, 7) is 7.56. The second-order valence-corrected chi connectivity index (χ2v) is 6.75. The van der Waals surface area contributed by atoms with Gasteiger partial charge in [-0.3, -0.25) is 4.79 Å². The second-order valence-electron chi connectivity index (χ2n) is 6.75. The van der Waals surface area contributed by atoms with Gasteiger partial charge in [-0.25, -0.2) is 0 Å². The van der Waals surface area contributed by atoms with E-state index in [1.165, 1.54) is 0 Å². The molecule has 1 saturated carbocycles. The van der Waals surface area contributed by atoms with E-state index in [0.717, 1.165) is 71.4 Å². The van der Waals surface area contributed by atoms with Crippen molar-refractivity contribution >= 4 is 5.91 Å². The Kier molecular flexibility index (Phi) is 4.52. The van der Waals surface area contributed by atoms with Crippen molar-refractivity contribution in [1.29, 1.82) is 0 Å². The average Bonchev–Trinajstić information content (AvgIpc) is 2.91. The molecule has 1 spiro atoms. The molecule has 2 heterocycles. The largest absolute Gasteiger partial charge is 0.392 e. The molecule has 1 aliphatic carbocycles. The molecule has 1 amide bonds. The monoisotopic (exact) mass is 296 g/mol. The maximum atomic E-state index is 11.6.